The van der Waals surface area contributed by atoms with Gasteiger partial charge in [0.05, 0.1) is 17.5 Å². The molecule has 4 rings (SSSR count). The minimum absolute atomic E-state index is 0.109. The third kappa shape index (κ3) is 3.71. The summed E-state index contributed by atoms with van der Waals surface area (Å²) in [6.45, 7) is 0. The van der Waals surface area contributed by atoms with E-state index in [1.807, 2.05) is 18.2 Å². The van der Waals surface area contributed by atoms with Crippen LogP contribution in [0.2, 0.25) is 5.15 Å². The highest BCUT2D eigenvalue weighted by Crippen LogP contribution is 2.26. The summed E-state index contributed by atoms with van der Waals surface area (Å²) in [6, 6.07) is 15.7. The average molecular weight is 431 g/mol. The molecule has 0 aliphatic rings. The van der Waals surface area contributed by atoms with Crippen LogP contribution in [0.15, 0.2) is 71.8 Å². The van der Waals surface area contributed by atoms with Crippen LogP contribution in [-0.4, -0.2) is 24.5 Å². The maximum atomic E-state index is 13.6. The molecule has 0 fully saturated rings. The summed E-state index contributed by atoms with van der Waals surface area (Å²) in [5.74, 6) is -0.186. The Morgan fingerprint density at radius 1 is 1.10 bits per heavy atom. The number of fused-ring (bicyclic) bond motifs is 1. The van der Waals surface area contributed by atoms with Crippen molar-refractivity contribution in [2.75, 3.05) is 7.11 Å². The number of hydrogen-bond acceptors (Lipinski definition) is 4. The monoisotopic (exact) mass is 430 g/mol. The number of pyridine rings is 1. The van der Waals surface area contributed by atoms with Gasteiger partial charge in [-0.3, -0.25) is 0 Å². The molecular formula is C21H16ClFN2O3S. The van der Waals surface area contributed by atoms with Gasteiger partial charge < -0.3 is 4.74 Å². The van der Waals surface area contributed by atoms with Gasteiger partial charge in [-0.2, -0.15) is 0 Å². The van der Waals surface area contributed by atoms with Crippen molar-refractivity contribution < 1.29 is 17.5 Å². The normalized spacial score (nSPS) is 11.7. The molecule has 2 aromatic carbocycles. The molecule has 0 unspecified atom stereocenters. The molecule has 5 nitrogen and oxygen atoms in total. The Morgan fingerprint density at radius 3 is 2.66 bits per heavy atom. The number of aromatic nitrogens is 2. The number of ether oxygens (including phenoxy) is 1. The minimum atomic E-state index is -3.93. The highest BCUT2D eigenvalue weighted by Gasteiger charge is 2.19. The van der Waals surface area contributed by atoms with Crippen molar-refractivity contribution in [1.82, 2.24) is 8.96 Å². The molecule has 0 bridgehead atoms. The molecule has 4 aromatic rings. The summed E-state index contributed by atoms with van der Waals surface area (Å²) in [4.78, 5) is 4.04. The van der Waals surface area contributed by atoms with E-state index in [0.717, 1.165) is 26.6 Å². The van der Waals surface area contributed by atoms with Gasteiger partial charge in [-0.15, -0.1) is 0 Å². The summed E-state index contributed by atoms with van der Waals surface area (Å²) in [7, 11) is -2.42. The zero-order valence-electron chi connectivity index (χ0n) is 15.3. The SMILES string of the molecule is COc1ccc(Cc2ccc3ccn(S(=O)(=O)c4cccc(F)c4)c3c2)c(Cl)n1. The van der Waals surface area contributed by atoms with Crippen LogP contribution < -0.4 is 4.74 Å². The first-order valence-corrected chi connectivity index (χ1v) is 10.5. The van der Waals surface area contributed by atoms with Gasteiger partial charge in [0.2, 0.25) is 5.88 Å². The van der Waals surface area contributed by atoms with E-state index in [-0.39, 0.29) is 4.90 Å². The van der Waals surface area contributed by atoms with Crippen LogP contribution >= 0.6 is 11.6 Å². The molecular weight excluding hydrogens is 415 g/mol. The van der Waals surface area contributed by atoms with Crippen LogP contribution in [-0.2, 0) is 16.4 Å². The van der Waals surface area contributed by atoms with Crippen LogP contribution in [0.4, 0.5) is 4.39 Å². The number of halogens is 2. The van der Waals surface area contributed by atoms with E-state index in [0.29, 0.717) is 23.0 Å². The van der Waals surface area contributed by atoms with Gasteiger partial charge in [-0.05, 0) is 41.5 Å². The summed E-state index contributed by atoms with van der Waals surface area (Å²) >= 11 is 6.23. The lowest BCUT2D eigenvalue weighted by Crippen LogP contribution is -2.12. The van der Waals surface area contributed by atoms with Gasteiger partial charge in [0.15, 0.2) is 0 Å². The van der Waals surface area contributed by atoms with E-state index in [2.05, 4.69) is 4.98 Å². The Balaban J connectivity index is 1.75. The summed E-state index contributed by atoms with van der Waals surface area (Å²) in [5.41, 5.74) is 2.16. The van der Waals surface area contributed by atoms with Gasteiger partial charge in [-0.1, -0.05) is 35.9 Å². The number of nitrogens with zero attached hydrogens (tertiary/aromatic N) is 2. The Morgan fingerprint density at radius 2 is 1.93 bits per heavy atom. The summed E-state index contributed by atoms with van der Waals surface area (Å²) in [5, 5.41) is 1.08. The van der Waals surface area contributed by atoms with E-state index < -0.39 is 15.8 Å². The zero-order valence-corrected chi connectivity index (χ0v) is 16.9. The van der Waals surface area contributed by atoms with Crippen LogP contribution in [0.3, 0.4) is 0 Å². The van der Waals surface area contributed by atoms with Crippen molar-refractivity contribution in [3.05, 3.63) is 89.0 Å². The van der Waals surface area contributed by atoms with Gasteiger partial charge in [-0.25, -0.2) is 21.8 Å². The lowest BCUT2D eigenvalue weighted by Gasteiger charge is -2.10. The first-order chi connectivity index (χ1) is 13.9. The molecule has 2 heterocycles. The highest BCUT2D eigenvalue weighted by atomic mass is 35.5. The molecule has 0 spiro atoms. The molecule has 0 aliphatic carbocycles. The molecule has 0 aliphatic heterocycles. The van der Waals surface area contributed by atoms with Crippen molar-refractivity contribution in [3.8, 4) is 5.88 Å². The number of rotatable bonds is 5. The lowest BCUT2D eigenvalue weighted by molar-refractivity contribution is 0.397. The fourth-order valence-electron chi connectivity index (χ4n) is 3.12. The summed E-state index contributed by atoms with van der Waals surface area (Å²) in [6.07, 6.45) is 1.94. The van der Waals surface area contributed by atoms with Crippen LogP contribution in [0.5, 0.6) is 5.88 Å². The van der Waals surface area contributed by atoms with E-state index in [1.54, 1.807) is 18.2 Å². The molecule has 0 atom stereocenters. The second-order valence-corrected chi connectivity index (χ2v) is 8.62. The standard InChI is InChI=1S/C21H16ClFN2O3S/c1-28-20-8-7-16(21(22)24-20)11-14-5-6-15-9-10-25(19(15)12-14)29(26,27)18-4-2-3-17(23)13-18/h2-10,12-13H,11H2,1H3. The molecule has 0 saturated carbocycles. The zero-order chi connectivity index (χ0) is 20.6. The molecule has 29 heavy (non-hydrogen) atoms. The van der Waals surface area contributed by atoms with E-state index in [1.165, 1.54) is 31.5 Å². The topological polar surface area (TPSA) is 61.2 Å². The highest BCUT2D eigenvalue weighted by molar-refractivity contribution is 7.90. The van der Waals surface area contributed by atoms with Gasteiger partial charge in [0.25, 0.3) is 10.0 Å². The molecule has 0 N–H and O–H groups in total. The Kier molecular flexibility index (Phi) is 5.02. The Bertz CT molecular complexity index is 1320. The Hall–Kier alpha value is -2.90. The number of methoxy groups -OCH3 is 1. The predicted octanol–water partition coefficient (Wildman–Crippen LogP) is 4.67. The van der Waals surface area contributed by atoms with E-state index in [9.17, 15) is 12.8 Å². The molecule has 8 heteroatoms. The van der Waals surface area contributed by atoms with Crippen molar-refractivity contribution in [1.29, 1.82) is 0 Å². The maximum Gasteiger partial charge on any atom is 0.268 e. The second kappa shape index (κ2) is 7.50. The van der Waals surface area contributed by atoms with Gasteiger partial charge in [0, 0.05) is 24.1 Å². The predicted molar refractivity (Wildman–Crippen MR) is 110 cm³/mol. The average Bonchev–Trinajstić information content (AvgIpc) is 3.13. The summed E-state index contributed by atoms with van der Waals surface area (Å²) < 4.78 is 45.8. The maximum absolute atomic E-state index is 13.6. The fraction of sp³-hybridized carbons (Fsp3) is 0.0952. The van der Waals surface area contributed by atoms with Crippen LogP contribution in [0.1, 0.15) is 11.1 Å². The Labute approximate surface area is 172 Å². The molecule has 0 radical (unpaired) electrons. The molecule has 148 valence electrons. The molecule has 2 aromatic heterocycles. The first kappa shape index (κ1) is 19.4. The second-order valence-electron chi connectivity index (χ2n) is 6.45. The van der Waals surface area contributed by atoms with E-state index >= 15 is 0 Å². The van der Waals surface area contributed by atoms with Gasteiger partial charge in [0.1, 0.15) is 11.0 Å². The van der Waals surface area contributed by atoms with Crippen molar-refractivity contribution >= 4 is 32.5 Å². The van der Waals surface area contributed by atoms with Crippen molar-refractivity contribution in [3.63, 3.8) is 0 Å². The number of hydrogen-bond donors (Lipinski definition) is 0. The van der Waals surface area contributed by atoms with Crippen LogP contribution in [0.25, 0.3) is 10.9 Å². The van der Waals surface area contributed by atoms with Crippen LogP contribution in [0, 0.1) is 5.82 Å². The number of benzene rings is 2. The lowest BCUT2D eigenvalue weighted by atomic mass is 10.1. The molecule has 0 amide bonds. The molecule has 0 saturated heterocycles. The fourth-order valence-corrected chi connectivity index (χ4v) is 4.71. The van der Waals surface area contributed by atoms with E-state index in [4.69, 9.17) is 16.3 Å². The van der Waals surface area contributed by atoms with Crippen molar-refractivity contribution in [2.24, 2.45) is 0 Å². The quantitative estimate of drug-likeness (QED) is 0.432. The van der Waals surface area contributed by atoms with Crippen molar-refractivity contribution in [2.45, 2.75) is 11.3 Å². The minimum Gasteiger partial charge on any atom is -0.481 e. The smallest absolute Gasteiger partial charge is 0.268 e. The van der Waals surface area contributed by atoms with Gasteiger partial charge >= 0.3 is 0 Å². The largest absolute Gasteiger partial charge is 0.481 e. The third-order valence-corrected chi connectivity index (χ3v) is 6.59. The first-order valence-electron chi connectivity index (χ1n) is 8.69. The third-order valence-electron chi connectivity index (χ3n) is 4.58.